The number of hydrogen-bond acceptors (Lipinski definition) is 3. The smallest absolute Gasteiger partial charge is 0.169 e. The first-order chi connectivity index (χ1) is 8.84. The van der Waals surface area contributed by atoms with Gasteiger partial charge in [0.15, 0.2) is 5.78 Å². The SMILES string of the molecule is COc1cc(C)c(C(=O)C(CO)C(C)C)c(C)c1C. The Kier molecular flexibility index (Phi) is 5.12. The number of rotatable bonds is 5. The molecule has 0 bridgehead atoms. The summed E-state index contributed by atoms with van der Waals surface area (Å²) in [4.78, 5) is 12.6. The second-order valence-corrected chi connectivity index (χ2v) is 5.42. The van der Waals surface area contributed by atoms with Crippen LogP contribution in [-0.2, 0) is 0 Å². The van der Waals surface area contributed by atoms with Crippen LogP contribution in [0.25, 0.3) is 0 Å². The van der Waals surface area contributed by atoms with Crippen LogP contribution in [0.3, 0.4) is 0 Å². The van der Waals surface area contributed by atoms with Crippen LogP contribution < -0.4 is 4.74 Å². The van der Waals surface area contributed by atoms with Crippen LogP contribution in [0.4, 0.5) is 0 Å². The lowest BCUT2D eigenvalue weighted by molar-refractivity contribution is 0.0805. The highest BCUT2D eigenvalue weighted by atomic mass is 16.5. The normalized spacial score (nSPS) is 12.6. The molecule has 1 N–H and O–H groups in total. The van der Waals surface area contributed by atoms with E-state index in [-0.39, 0.29) is 24.2 Å². The second-order valence-electron chi connectivity index (χ2n) is 5.42. The van der Waals surface area contributed by atoms with E-state index in [4.69, 9.17) is 4.74 Å². The molecule has 0 saturated heterocycles. The van der Waals surface area contributed by atoms with E-state index < -0.39 is 0 Å². The molecule has 1 aromatic carbocycles. The zero-order chi connectivity index (χ0) is 14.7. The minimum atomic E-state index is -0.342. The van der Waals surface area contributed by atoms with Crippen LogP contribution in [0.15, 0.2) is 6.07 Å². The lowest BCUT2D eigenvalue weighted by atomic mass is 9.84. The van der Waals surface area contributed by atoms with Crippen molar-refractivity contribution in [1.82, 2.24) is 0 Å². The number of carbonyl (C=O) groups excluding carboxylic acids is 1. The summed E-state index contributed by atoms with van der Waals surface area (Å²) in [5.41, 5.74) is 3.56. The second kappa shape index (κ2) is 6.20. The number of Topliss-reactive ketones (excluding diaryl/α,β-unsaturated/α-hetero) is 1. The molecule has 0 spiro atoms. The van der Waals surface area contributed by atoms with E-state index in [1.807, 2.05) is 40.7 Å². The number of aryl methyl sites for hydroxylation is 1. The molecule has 0 aliphatic carbocycles. The Morgan fingerprint density at radius 3 is 2.26 bits per heavy atom. The first-order valence-electron chi connectivity index (χ1n) is 6.65. The molecule has 3 heteroatoms. The van der Waals surface area contributed by atoms with Gasteiger partial charge in [-0.1, -0.05) is 13.8 Å². The Balaban J connectivity index is 3.35. The lowest BCUT2D eigenvalue weighted by Gasteiger charge is -2.21. The van der Waals surface area contributed by atoms with Crippen molar-refractivity contribution in [3.05, 3.63) is 28.3 Å². The Labute approximate surface area is 115 Å². The molecular weight excluding hydrogens is 240 g/mol. The van der Waals surface area contributed by atoms with Gasteiger partial charge >= 0.3 is 0 Å². The van der Waals surface area contributed by atoms with Crippen molar-refractivity contribution in [1.29, 1.82) is 0 Å². The molecule has 0 radical (unpaired) electrons. The first-order valence-corrected chi connectivity index (χ1v) is 6.65. The summed E-state index contributed by atoms with van der Waals surface area (Å²) >= 11 is 0. The number of benzene rings is 1. The van der Waals surface area contributed by atoms with E-state index in [2.05, 4.69) is 0 Å². The Morgan fingerprint density at radius 2 is 1.84 bits per heavy atom. The average Bonchev–Trinajstić information content (AvgIpc) is 2.34. The van der Waals surface area contributed by atoms with Gasteiger partial charge in [0.05, 0.1) is 13.7 Å². The van der Waals surface area contributed by atoms with Crippen molar-refractivity contribution < 1.29 is 14.6 Å². The number of ether oxygens (including phenoxy) is 1. The van der Waals surface area contributed by atoms with E-state index in [9.17, 15) is 9.90 Å². The zero-order valence-electron chi connectivity index (χ0n) is 12.7. The molecule has 0 heterocycles. The van der Waals surface area contributed by atoms with Crippen molar-refractivity contribution in [3.63, 3.8) is 0 Å². The predicted molar refractivity (Wildman–Crippen MR) is 76.9 cm³/mol. The van der Waals surface area contributed by atoms with E-state index >= 15 is 0 Å². The van der Waals surface area contributed by atoms with Crippen molar-refractivity contribution in [3.8, 4) is 5.75 Å². The molecular formula is C16H24O3. The van der Waals surface area contributed by atoms with Gasteiger partial charge in [0.25, 0.3) is 0 Å². The number of hydrogen-bond donors (Lipinski definition) is 1. The van der Waals surface area contributed by atoms with Crippen LogP contribution in [0.1, 0.15) is 40.9 Å². The van der Waals surface area contributed by atoms with Crippen molar-refractivity contribution in [2.75, 3.05) is 13.7 Å². The van der Waals surface area contributed by atoms with Gasteiger partial charge in [-0.2, -0.15) is 0 Å². The molecule has 1 aromatic rings. The summed E-state index contributed by atoms with van der Waals surface area (Å²) in [5, 5.41) is 9.43. The van der Waals surface area contributed by atoms with E-state index in [1.54, 1.807) is 7.11 Å². The van der Waals surface area contributed by atoms with Gasteiger partial charge in [-0.25, -0.2) is 0 Å². The molecule has 0 amide bonds. The van der Waals surface area contributed by atoms with Gasteiger partial charge < -0.3 is 9.84 Å². The Morgan fingerprint density at radius 1 is 1.26 bits per heavy atom. The van der Waals surface area contributed by atoms with Crippen LogP contribution in [-0.4, -0.2) is 24.6 Å². The quantitative estimate of drug-likeness (QED) is 0.831. The number of ketones is 1. The Hall–Kier alpha value is -1.35. The summed E-state index contributed by atoms with van der Waals surface area (Å²) in [6, 6.07) is 1.89. The largest absolute Gasteiger partial charge is 0.496 e. The molecule has 0 aromatic heterocycles. The number of aliphatic hydroxyl groups is 1. The molecule has 19 heavy (non-hydrogen) atoms. The molecule has 0 aliphatic heterocycles. The predicted octanol–water partition coefficient (Wildman–Crippen LogP) is 3.07. The lowest BCUT2D eigenvalue weighted by Crippen LogP contribution is -2.25. The topological polar surface area (TPSA) is 46.5 Å². The molecule has 1 rings (SSSR count). The van der Waals surface area contributed by atoms with Gasteiger partial charge in [0, 0.05) is 11.5 Å². The fourth-order valence-corrected chi connectivity index (χ4v) is 2.42. The van der Waals surface area contributed by atoms with Crippen LogP contribution in [0.5, 0.6) is 5.75 Å². The van der Waals surface area contributed by atoms with Crippen molar-refractivity contribution in [2.24, 2.45) is 11.8 Å². The number of aliphatic hydroxyl groups excluding tert-OH is 1. The van der Waals surface area contributed by atoms with Gasteiger partial charge in [-0.15, -0.1) is 0 Å². The summed E-state index contributed by atoms with van der Waals surface area (Å²) in [5.74, 6) is 0.610. The van der Waals surface area contributed by atoms with Crippen molar-refractivity contribution >= 4 is 5.78 Å². The first kappa shape index (κ1) is 15.7. The van der Waals surface area contributed by atoms with Gasteiger partial charge in [0.1, 0.15) is 5.75 Å². The molecule has 1 atom stereocenters. The Bertz CT molecular complexity index is 475. The maximum atomic E-state index is 12.6. The maximum Gasteiger partial charge on any atom is 0.169 e. The maximum absolute atomic E-state index is 12.6. The third-order valence-electron chi connectivity index (χ3n) is 3.85. The monoisotopic (exact) mass is 264 g/mol. The van der Waals surface area contributed by atoms with E-state index in [0.29, 0.717) is 0 Å². The van der Waals surface area contributed by atoms with Crippen LogP contribution >= 0.6 is 0 Å². The van der Waals surface area contributed by atoms with Crippen molar-refractivity contribution in [2.45, 2.75) is 34.6 Å². The summed E-state index contributed by atoms with van der Waals surface area (Å²) in [6.45, 7) is 9.61. The summed E-state index contributed by atoms with van der Waals surface area (Å²) in [6.07, 6.45) is 0. The molecule has 1 unspecified atom stereocenters. The highest BCUT2D eigenvalue weighted by molar-refractivity contribution is 6.01. The third kappa shape index (κ3) is 2.98. The summed E-state index contributed by atoms with van der Waals surface area (Å²) < 4.78 is 5.31. The fraction of sp³-hybridized carbons (Fsp3) is 0.562. The molecule has 106 valence electrons. The molecule has 3 nitrogen and oxygen atoms in total. The highest BCUT2D eigenvalue weighted by Crippen LogP contribution is 2.30. The van der Waals surface area contributed by atoms with Crippen LogP contribution in [0.2, 0.25) is 0 Å². The minimum Gasteiger partial charge on any atom is -0.496 e. The van der Waals surface area contributed by atoms with Gasteiger partial charge in [-0.05, 0) is 49.4 Å². The highest BCUT2D eigenvalue weighted by Gasteiger charge is 2.26. The van der Waals surface area contributed by atoms with Gasteiger partial charge in [0.2, 0.25) is 0 Å². The van der Waals surface area contributed by atoms with E-state index in [1.165, 1.54) is 0 Å². The molecule has 0 aliphatic rings. The zero-order valence-corrected chi connectivity index (χ0v) is 12.7. The average molecular weight is 264 g/mol. The minimum absolute atomic E-state index is 0.0262. The number of carbonyl (C=O) groups is 1. The molecule has 0 saturated carbocycles. The van der Waals surface area contributed by atoms with Gasteiger partial charge in [-0.3, -0.25) is 4.79 Å². The van der Waals surface area contributed by atoms with Crippen LogP contribution in [0, 0.1) is 32.6 Å². The molecule has 0 fully saturated rings. The fourth-order valence-electron chi connectivity index (χ4n) is 2.42. The summed E-state index contributed by atoms with van der Waals surface area (Å²) in [7, 11) is 1.63. The number of methoxy groups -OCH3 is 1. The van der Waals surface area contributed by atoms with E-state index in [0.717, 1.165) is 28.0 Å². The standard InChI is InChI=1S/C16H24O3/c1-9(2)13(8-17)16(18)15-10(3)7-14(19-6)11(4)12(15)5/h7,9,13,17H,8H2,1-6H3. The third-order valence-corrected chi connectivity index (χ3v) is 3.85.